The van der Waals surface area contributed by atoms with Crippen LogP contribution in [0.3, 0.4) is 0 Å². The van der Waals surface area contributed by atoms with Gasteiger partial charge in [0.25, 0.3) is 0 Å². The first-order valence-corrected chi connectivity index (χ1v) is 9.58. The number of rotatable bonds is 6. The number of hydrogen-bond acceptors (Lipinski definition) is 3. The van der Waals surface area contributed by atoms with E-state index in [9.17, 15) is 5.11 Å². The zero-order valence-corrected chi connectivity index (χ0v) is 16.2. The van der Waals surface area contributed by atoms with Gasteiger partial charge in [-0.3, -0.25) is 0 Å². The molecule has 0 aromatic heterocycles. The van der Waals surface area contributed by atoms with Crippen LogP contribution in [-0.4, -0.2) is 36.8 Å². The Labute approximate surface area is 157 Å². The van der Waals surface area contributed by atoms with Gasteiger partial charge in [-0.2, -0.15) is 0 Å². The first kappa shape index (κ1) is 19.1. The van der Waals surface area contributed by atoms with Crippen LogP contribution < -0.4 is 0 Å². The molecule has 3 atom stereocenters. The molecule has 1 N–H and O–H groups in total. The molecule has 3 rings (SSSR count). The van der Waals surface area contributed by atoms with E-state index in [-0.39, 0.29) is 12.0 Å². The molecule has 0 radical (unpaired) electrons. The van der Waals surface area contributed by atoms with E-state index >= 15 is 0 Å². The second kappa shape index (κ2) is 8.34. The molecule has 0 spiro atoms. The Balaban J connectivity index is 1.74. The molecule has 3 nitrogen and oxygen atoms in total. The van der Waals surface area contributed by atoms with E-state index in [1.54, 1.807) is 0 Å². The highest BCUT2D eigenvalue weighted by atomic mass is 16.5. The average molecular weight is 354 g/mol. The maximum Gasteiger partial charge on any atom is 0.0941 e. The summed E-state index contributed by atoms with van der Waals surface area (Å²) in [5.41, 5.74) is 2.68. The number of benzene rings is 2. The Bertz CT molecular complexity index is 700. The molecule has 140 valence electrons. The van der Waals surface area contributed by atoms with E-state index in [2.05, 4.69) is 50.2 Å². The van der Waals surface area contributed by atoms with Gasteiger partial charge in [0.05, 0.1) is 18.3 Å². The zero-order chi connectivity index (χ0) is 18.6. The van der Waals surface area contributed by atoms with Gasteiger partial charge in [-0.05, 0) is 57.0 Å². The molecular formula is C23H31NO2. The standard InChI is InChI=1S/C23H31NO2/c1-18-9-7-8-12-22(18)23(25)14-13-21(15-20(23)16-24(2)3)26-17-19-10-5-4-6-11-19/h4-12,20-21,25H,13-17H2,1-3H3. The molecule has 1 saturated carbocycles. The lowest BCUT2D eigenvalue weighted by atomic mass is 9.69. The summed E-state index contributed by atoms with van der Waals surface area (Å²) in [5, 5.41) is 11.7. The third-order valence-electron chi connectivity index (χ3n) is 5.60. The first-order valence-electron chi connectivity index (χ1n) is 9.58. The van der Waals surface area contributed by atoms with Gasteiger partial charge in [-0.25, -0.2) is 0 Å². The molecule has 3 heteroatoms. The Morgan fingerprint density at radius 2 is 1.77 bits per heavy atom. The van der Waals surface area contributed by atoms with E-state index in [1.807, 2.05) is 30.3 Å². The van der Waals surface area contributed by atoms with E-state index < -0.39 is 5.60 Å². The van der Waals surface area contributed by atoms with Gasteiger partial charge in [0, 0.05) is 12.5 Å². The molecule has 1 fully saturated rings. The van der Waals surface area contributed by atoms with Crippen molar-refractivity contribution in [2.45, 2.75) is 44.5 Å². The van der Waals surface area contributed by atoms with Gasteiger partial charge in [-0.15, -0.1) is 0 Å². The first-order chi connectivity index (χ1) is 12.5. The summed E-state index contributed by atoms with van der Waals surface area (Å²) in [6.45, 7) is 3.59. The fraction of sp³-hybridized carbons (Fsp3) is 0.478. The molecule has 0 amide bonds. The summed E-state index contributed by atoms with van der Waals surface area (Å²) in [4.78, 5) is 2.17. The van der Waals surface area contributed by atoms with Crippen LogP contribution in [0.5, 0.6) is 0 Å². The fourth-order valence-electron chi connectivity index (χ4n) is 4.23. The Kier molecular flexibility index (Phi) is 6.13. The summed E-state index contributed by atoms with van der Waals surface area (Å²) < 4.78 is 6.21. The Morgan fingerprint density at radius 3 is 2.46 bits per heavy atom. The maximum atomic E-state index is 11.7. The highest BCUT2D eigenvalue weighted by molar-refractivity contribution is 5.32. The van der Waals surface area contributed by atoms with Crippen LogP contribution in [-0.2, 0) is 16.9 Å². The lowest BCUT2D eigenvalue weighted by molar-refractivity contribution is -0.111. The predicted molar refractivity (Wildman–Crippen MR) is 106 cm³/mol. The highest BCUT2D eigenvalue weighted by Crippen LogP contribution is 2.44. The second-order valence-electron chi connectivity index (χ2n) is 7.89. The van der Waals surface area contributed by atoms with Crippen molar-refractivity contribution in [1.82, 2.24) is 4.90 Å². The van der Waals surface area contributed by atoms with E-state index in [0.29, 0.717) is 6.61 Å². The van der Waals surface area contributed by atoms with E-state index in [1.165, 1.54) is 11.1 Å². The molecule has 2 aromatic carbocycles. The van der Waals surface area contributed by atoms with Crippen LogP contribution in [0.2, 0.25) is 0 Å². The molecule has 0 aliphatic heterocycles. The van der Waals surface area contributed by atoms with Crippen molar-refractivity contribution in [3.8, 4) is 0 Å². The van der Waals surface area contributed by atoms with Gasteiger partial charge in [0.2, 0.25) is 0 Å². The molecular weight excluding hydrogens is 322 g/mol. The monoisotopic (exact) mass is 353 g/mol. The predicted octanol–water partition coefficient (Wildman–Crippen LogP) is 4.13. The van der Waals surface area contributed by atoms with E-state index in [0.717, 1.165) is 31.4 Å². The molecule has 3 unspecified atom stereocenters. The molecule has 1 aliphatic carbocycles. The minimum absolute atomic E-state index is 0.160. The number of hydrogen-bond donors (Lipinski definition) is 1. The van der Waals surface area contributed by atoms with Crippen LogP contribution >= 0.6 is 0 Å². The normalized spacial score (nSPS) is 26.2. The van der Waals surface area contributed by atoms with Crippen molar-refractivity contribution < 1.29 is 9.84 Å². The van der Waals surface area contributed by atoms with Crippen molar-refractivity contribution in [2.24, 2.45) is 5.92 Å². The summed E-state index contributed by atoms with van der Waals surface area (Å²) in [6.07, 6.45) is 2.72. The summed E-state index contributed by atoms with van der Waals surface area (Å²) in [5.74, 6) is 0.160. The number of aliphatic hydroxyl groups is 1. The molecule has 0 bridgehead atoms. The van der Waals surface area contributed by atoms with Crippen molar-refractivity contribution in [3.63, 3.8) is 0 Å². The fourth-order valence-corrected chi connectivity index (χ4v) is 4.23. The number of aryl methyl sites for hydroxylation is 1. The Hall–Kier alpha value is -1.68. The van der Waals surface area contributed by atoms with Crippen LogP contribution in [0.25, 0.3) is 0 Å². The molecule has 0 heterocycles. The molecule has 26 heavy (non-hydrogen) atoms. The summed E-state index contributed by atoms with van der Waals surface area (Å²) >= 11 is 0. The van der Waals surface area contributed by atoms with Gasteiger partial charge < -0.3 is 14.7 Å². The SMILES string of the molecule is Cc1ccccc1C1(O)CCC(OCc2ccccc2)CC1CN(C)C. The number of ether oxygens (including phenoxy) is 1. The largest absolute Gasteiger partial charge is 0.385 e. The third kappa shape index (κ3) is 4.35. The van der Waals surface area contributed by atoms with Crippen LogP contribution in [0.4, 0.5) is 0 Å². The minimum Gasteiger partial charge on any atom is -0.385 e. The van der Waals surface area contributed by atoms with Gasteiger partial charge in [-0.1, -0.05) is 54.6 Å². The van der Waals surface area contributed by atoms with Crippen LogP contribution in [0, 0.1) is 12.8 Å². The van der Waals surface area contributed by atoms with Crippen molar-refractivity contribution in [1.29, 1.82) is 0 Å². The van der Waals surface area contributed by atoms with Gasteiger partial charge in [0.1, 0.15) is 0 Å². The van der Waals surface area contributed by atoms with E-state index in [4.69, 9.17) is 4.74 Å². The minimum atomic E-state index is -0.776. The van der Waals surface area contributed by atoms with Crippen molar-refractivity contribution in [2.75, 3.05) is 20.6 Å². The van der Waals surface area contributed by atoms with Crippen molar-refractivity contribution >= 4 is 0 Å². The van der Waals surface area contributed by atoms with Gasteiger partial charge >= 0.3 is 0 Å². The van der Waals surface area contributed by atoms with Crippen molar-refractivity contribution in [3.05, 3.63) is 71.3 Å². The van der Waals surface area contributed by atoms with Crippen LogP contribution in [0.1, 0.15) is 36.0 Å². The molecule has 2 aromatic rings. The second-order valence-corrected chi connectivity index (χ2v) is 7.89. The molecule has 0 saturated heterocycles. The van der Waals surface area contributed by atoms with Crippen LogP contribution in [0.15, 0.2) is 54.6 Å². The smallest absolute Gasteiger partial charge is 0.0941 e. The zero-order valence-electron chi connectivity index (χ0n) is 16.2. The number of nitrogens with zero attached hydrogens (tertiary/aromatic N) is 1. The topological polar surface area (TPSA) is 32.7 Å². The quantitative estimate of drug-likeness (QED) is 0.847. The lowest BCUT2D eigenvalue weighted by Crippen LogP contribution is -2.47. The third-order valence-corrected chi connectivity index (χ3v) is 5.60. The summed E-state index contributed by atoms with van der Waals surface area (Å²) in [7, 11) is 4.15. The Morgan fingerprint density at radius 1 is 1.08 bits per heavy atom. The average Bonchev–Trinajstić information content (AvgIpc) is 2.63. The van der Waals surface area contributed by atoms with Gasteiger partial charge in [0.15, 0.2) is 0 Å². The maximum absolute atomic E-state index is 11.7. The summed E-state index contributed by atoms with van der Waals surface area (Å²) in [6, 6.07) is 18.6. The lowest BCUT2D eigenvalue weighted by Gasteiger charge is -2.45. The molecule has 1 aliphatic rings. The highest BCUT2D eigenvalue weighted by Gasteiger charge is 2.44.